The average molecular weight is 296 g/mol. The molecule has 1 amide bonds. The van der Waals surface area contributed by atoms with E-state index in [-0.39, 0.29) is 25.2 Å². The highest BCUT2D eigenvalue weighted by atomic mass is 16.5. The van der Waals surface area contributed by atoms with Crippen molar-refractivity contribution in [2.75, 3.05) is 32.0 Å². The first-order chi connectivity index (χ1) is 10.0. The van der Waals surface area contributed by atoms with Crippen LogP contribution in [0, 0.1) is 13.8 Å². The molecule has 1 saturated heterocycles. The lowest BCUT2D eigenvalue weighted by Crippen LogP contribution is -2.42. The van der Waals surface area contributed by atoms with Gasteiger partial charge >= 0.3 is 0 Å². The molecule has 2 heterocycles. The van der Waals surface area contributed by atoms with Gasteiger partial charge in [0.1, 0.15) is 6.54 Å². The molecule has 1 aliphatic heterocycles. The van der Waals surface area contributed by atoms with Crippen LogP contribution in [0.5, 0.6) is 0 Å². The number of aliphatic hydroxyl groups is 1. The summed E-state index contributed by atoms with van der Waals surface area (Å²) in [5, 5.41) is 13.0. The normalized spacial score (nSPS) is 16.4. The van der Waals surface area contributed by atoms with Crippen molar-refractivity contribution in [3.63, 3.8) is 0 Å². The van der Waals surface area contributed by atoms with E-state index < -0.39 is 0 Å². The fourth-order valence-electron chi connectivity index (χ4n) is 2.58. The maximum absolute atomic E-state index is 12.3. The second kappa shape index (κ2) is 6.91. The van der Waals surface area contributed by atoms with Crippen LogP contribution in [0.3, 0.4) is 0 Å². The van der Waals surface area contributed by atoms with Crippen LogP contribution >= 0.6 is 0 Å². The molecule has 21 heavy (non-hydrogen) atoms. The molecule has 0 radical (unpaired) electrons. The minimum atomic E-state index is 0.0402. The van der Waals surface area contributed by atoms with E-state index >= 15 is 0 Å². The number of aliphatic hydroxyl groups excluding tert-OH is 1. The first kappa shape index (κ1) is 15.8. The lowest BCUT2D eigenvalue weighted by molar-refractivity contribution is -0.134. The number of aromatic nitrogens is 2. The minimum absolute atomic E-state index is 0.0402. The molecule has 3 N–H and O–H groups in total. The Morgan fingerprint density at radius 1 is 1.43 bits per heavy atom. The number of hydrogen-bond donors (Lipinski definition) is 2. The summed E-state index contributed by atoms with van der Waals surface area (Å²) in [5.41, 5.74) is 8.12. The molecule has 0 unspecified atom stereocenters. The lowest BCUT2D eigenvalue weighted by Gasteiger charge is -2.32. The van der Waals surface area contributed by atoms with Crippen molar-refractivity contribution in [1.29, 1.82) is 0 Å². The summed E-state index contributed by atoms with van der Waals surface area (Å²) in [6.45, 7) is 5.71. The third-order valence-electron chi connectivity index (χ3n) is 3.96. The Balaban J connectivity index is 1.86. The highest BCUT2D eigenvalue weighted by Gasteiger charge is 2.24. The number of hydrogen-bond acceptors (Lipinski definition) is 5. The smallest absolute Gasteiger partial charge is 0.244 e. The maximum Gasteiger partial charge on any atom is 0.244 e. The summed E-state index contributed by atoms with van der Waals surface area (Å²) in [7, 11) is 0. The summed E-state index contributed by atoms with van der Waals surface area (Å²) in [6.07, 6.45) is 1.77. The molecule has 0 saturated carbocycles. The quantitative estimate of drug-likeness (QED) is 0.802. The number of nitrogens with zero attached hydrogens (tertiary/aromatic N) is 3. The van der Waals surface area contributed by atoms with Crippen LogP contribution in [-0.2, 0) is 16.1 Å². The molecule has 0 aliphatic carbocycles. The number of ether oxygens (including phenoxy) is 1. The third-order valence-corrected chi connectivity index (χ3v) is 3.96. The number of nitrogens with two attached hydrogens (primary N) is 1. The van der Waals surface area contributed by atoms with Gasteiger partial charge in [0.15, 0.2) is 0 Å². The van der Waals surface area contributed by atoms with E-state index in [0.717, 1.165) is 24.2 Å². The lowest BCUT2D eigenvalue weighted by atomic mass is 10.1. The highest BCUT2D eigenvalue weighted by Crippen LogP contribution is 2.17. The second-order valence-corrected chi connectivity index (χ2v) is 5.42. The fourth-order valence-corrected chi connectivity index (χ4v) is 2.58. The molecule has 1 fully saturated rings. The average Bonchev–Trinajstić information content (AvgIpc) is 2.73. The van der Waals surface area contributed by atoms with Crippen LogP contribution in [0.1, 0.15) is 24.2 Å². The van der Waals surface area contributed by atoms with E-state index in [1.165, 1.54) is 0 Å². The number of nitrogen functional groups attached to an aromatic ring is 1. The van der Waals surface area contributed by atoms with Crippen molar-refractivity contribution < 1.29 is 14.6 Å². The van der Waals surface area contributed by atoms with Gasteiger partial charge in [0.05, 0.1) is 36.4 Å². The molecular formula is C14H24N4O3. The number of anilines is 1. The molecule has 118 valence electrons. The van der Waals surface area contributed by atoms with Gasteiger partial charge < -0.3 is 20.5 Å². The molecule has 0 spiro atoms. The summed E-state index contributed by atoms with van der Waals surface area (Å²) in [6, 6.07) is 0. The monoisotopic (exact) mass is 296 g/mol. The first-order valence-corrected chi connectivity index (χ1v) is 7.32. The summed E-state index contributed by atoms with van der Waals surface area (Å²) < 4.78 is 7.16. The molecule has 0 bridgehead atoms. The predicted octanol–water partition coefficient (Wildman–Crippen LogP) is 0.0820. The third kappa shape index (κ3) is 3.74. The van der Waals surface area contributed by atoms with Gasteiger partial charge in [-0.05, 0) is 26.7 Å². The molecule has 7 heteroatoms. The van der Waals surface area contributed by atoms with Gasteiger partial charge in [-0.2, -0.15) is 5.10 Å². The van der Waals surface area contributed by atoms with E-state index in [0.29, 0.717) is 25.4 Å². The van der Waals surface area contributed by atoms with Crippen molar-refractivity contribution >= 4 is 11.6 Å². The molecule has 0 atom stereocenters. The Morgan fingerprint density at radius 2 is 2.10 bits per heavy atom. The van der Waals surface area contributed by atoms with Crippen molar-refractivity contribution in [1.82, 2.24) is 14.7 Å². The van der Waals surface area contributed by atoms with Crippen LogP contribution in [0.4, 0.5) is 5.69 Å². The predicted molar refractivity (Wildman–Crippen MR) is 78.8 cm³/mol. The molecule has 1 aromatic rings. The number of piperidine rings is 1. The van der Waals surface area contributed by atoms with E-state index in [1.54, 1.807) is 4.68 Å². The van der Waals surface area contributed by atoms with Crippen LogP contribution in [0.15, 0.2) is 0 Å². The molecule has 0 aromatic carbocycles. The number of likely N-dealkylation sites (tertiary alicyclic amines) is 1. The Kier molecular flexibility index (Phi) is 5.19. The van der Waals surface area contributed by atoms with Crippen LogP contribution < -0.4 is 5.73 Å². The fraction of sp³-hybridized carbons (Fsp3) is 0.714. The molecule has 2 rings (SSSR count). The second-order valence-electron chi connectivity index (χ2n) is 5.42. The van der Waals surface area contributed by atoms with Crippen LogP contribution in [-0.4, -0.2) is 58.1 Å². The van der Waals surface area contributed by atoms with Gasteiger partial charge in [0.2, 0.25) is 5.91 Å². The number of aryl methyl sites for hydroxylation is 1. The molecular weight excluding hydrogens is 272 g/mol. The Bertz CT molecular complexity index is 493. The zero-order valence-electron chi connectivity index (χ0n) is 12.7. The van der Waals surface area contributed by atoms with Gasteiger partial charge in [-0.1, -0.05) is 0 Å². The van der Waals surface area contributed by atoms with Gasteiger partial charge in [0, 0.05) is 13.1 Å². The SMILES string of the molecule is Cc1nn(CC(=O)N2CCC(OCCO)CC2)c(C)c1N. The molecule has 1 aliphatic rings. The van der Waals surface area contributed by atoms with Gasteiger partial charge in [-0.3, -0.25) is 9.48 Å². The summed E-state index contributed by atoms with van der Waals surface area (Å²) in [5.74, 6) is 0.0567. The number of rotatable bonds is 5. The summed E-state index contributed by atoms with van der Waals surface area (Å²) in [4.78, 5) is 14.1. The number of amides is 1. The Morgan fingerprint density at radius 3 is 2.62 bits per heavy atom. The van der Waals surface area contributed by atoms with E-state index in [9.17, 15) is 4.79 Å². The van der Waals surface area contributed by atoms with Crippen molar-refractivity contribution in [3.05, 3.63) is 11.4 Å². The maximum atomic E-state index is 12.3. The highest BCUT2D eigenvalue weighted by molar-refractivity contribution is 5.76. The van der Waals surface area contributed by atoms with E-state index in [1.807, 2.05) is 18.7 Å². The van der Waals surface area contributed by atoms with Gasteiger partial charge in [-0.25, -0.2) is 0 Å². The van der Waals surface area contributed by atoms with Gasteiger partial charge in [-0.15, -0.1) is 0 Å². The molecule has 1 aromatic heterocycles. The largest absolute Gasteiger partial charge is 0.396 e. The van der Waals surface area contributed by atoms with Crippen LogP contribution in [0.2, 0.25) is 0 Å². The first-order valence-electron chi connectivity index (χ1n) is 7.32. The van der Waals surface area contributed by atoms with Crippen molar-refractivity contribution in [2.24, 2.45) is 0 Å². The molecule has 7 nitrogen and oxygen atoms in total. The topological polar surface area (TPSA) is 93.6 Å². The summed E-state index contributed by atoms with van der Waals surface area (Å²) >= 11 is 0. The Labute approximate surface area is 124 Å². The van der Waals surface area contributed by atoms with Crippen molar-refractivity contribution in [3.8, 4) is 0 Å². The zero-order valence-corrected chi connectivity index (χ0v) is 12.7. The Hall–Kier alpha value is -1.60. The number of carbonyl (C=O) groups is 1. The van der Waals surface area contributed by atoms with Gasteiger partial charge in [0.25, 0.3) is 0 Å². The number of carbonyl (C=O) groups excluding carboxylic acids is 1. The standard InChI is InChI=1S/C14H24N4O3/c1-10-14(15)11(2)18(16-10)9-13(20)17-5-3-12(4-6-17)21-8-7-19/h12,19H,3-9,15H2,1-2H3. The minimum Gasteiger partial charge on any atom is -0.396 e. The van der Waals surface area contributed by atoms with Crippen LogP contribution in [0.25, 0.3) is 0 Å². The zero-order chi connectivity index (χ0) is 15.4. The van der Waals surface area contributed by atoms with Crippen molar-refractivity contribution in [2.45, 2.75) is 39.3 Å². The van der Waals surface area contributed by atoms with E-state index in [4.69, 9.17) is 15.6 Å². The van der Waals surface area contributed by atoms with E-state index in [2.05, 4.69) is 5.10 Å².